The van der Waals surface area contributed by atoms with Crippen molar-refractivity contribution in [1.29, 1.82) is 0 Å². The van der Waals surface area contributed by atoms with Gasteiger partial charge in [-0.3, -0.25) is 5.32 Å². The fourth-order valence-electron chi connectivity index (χ4n) is 5.20. The van der Waals surface area contributed by atoms with E-state index in [1.807, 2.05) is 0 Å². The van der Waals surface area contributed by atoms with E-state index in [1.165, 1.54) is 51.4 Å². The van der Waals surface area contributed by atoms with Gasteiger partial charge in [0, 0.05) is 24.2 Å². The highest BCUT2D eigenvalue weighted by Crippen LogP contribution is 2.41. The summed E-state index contributed by atoms with van der Waals surface area (Å²) in [6, 6.07) is 2.81. The number of fused-ring (bicyclic) bond motifs is 4. The number of rotatable bonds is 1. The molecular formula is C16H27N3. The Hall–Kier alpha value is -0.540. The molecule has 4 fully saturated rings. The highest BCUT2D eigenvalue weighted by atomic mass is 15.4. The van der Waals surface area contributed by atoms with Gasteiger partial charge in [0.1, 0.15) is 0 Å². The van der Waals surface area contributed by atoms with Gasteiger partial charge >= 0.3 is 0 Å². The summed E-state index contributed by atoms with van der Waals surface area (Å²) in [5.41, 5.74) is 0. The third-order valence-corrected chi connectivity index (χ3v) is 6.06. The van der Waals surface area contributed by atoms with Crippen molar-refractivity contribution >= 4 is 0 Å². The Morgan fingerprint density at radius 3 is 2.37 bits per heavy atom. The van der Waals surface area contributed by atoms with Crippen LogP contribution in [0.4, 0.5) is 0 Å². The predicted octanol–water partition coefficient (Wildman–Crippen LogP) is 2.20. The quantitative estimate of drug-likeness (QED) is 0.758. The summed E-state index contributed by atoms with van der Waals surface area (Å²) in [5.74, 6) is 0.840. The SMILES string of the molecule is C=CN1C2CCCCC2C2NC3CCCCC3NC21. The normalized spacial score (nSPS) is 49.2. The number of nitrogens with zero attached hydrogens (tertiary/aromatic N) is 1. The summed E-state index contributed by atoms with van der Waals surface area (Å²) in [4.78, 5) is 2.55. The second kappa shape index (κ2) is 4.78. The molecule has 0 spiro atoms. The maximum absolute atomic E-state index is 4.09. The molecule has 0 aromatic rings. The number of hydrogen-bond acceptors (Lipinski definition) is 3. The molecule has 0 radical (unpaired) electrons. The van der Waals surface area contributed by atoms with E-state index in [9.17, 15) is 0 Å². The van der Waals surface area contributed by atoms with Crippen LogP contribution in [0.15, 0.2) is 12.8 Å². The second-order valence-electron chi connectivity index (χ2n) is 6.95. The molecule has 6 unspecified atom stereocenters. The van der Waals surface area contributed by atoms with Gasteiger partial charge in [0.25, 0.3) is 0 Å². The summed E-state index contributed by atoms with van der Waals surface area (Å²) >= 11 is 0. The Labute approximate surface area is 116 Å². The molecule has 2 N–H and O–H groups in total. The molecule has 4 rings (SSSR count). The maximum Gasteiger partial charge on any atom is 0.0955 e. The Balaban J connectivity index is 1.60. The molecule has 0 aromatic heterocycles. The molecule has 0 amide bonds. The highest BCUT2D eigenvalue weighted by molar-refractivity contribution is 5.11. The second-order valence-corrected chi connectivity index (χ2v) is 6.95. The van der Waals surface area contributed by atoms with Crippen LogP contribution >= 0.6 is 0 Å². The molecule has 3 nitrogen and oxygen atoms in total. The average Bonchev–Trinajstić information content (AvgIpc) is 2.78. The largest absolute Gasteiger partial charge is 0.358 e. The van der Waals surface area contributed by atoms with Crippen LogP contribution in [-0.2, 0) is 0 Å². The summed E-state index contributed by atoms with van der Waals surface area (Å²) < 4.78 is 0. The van der Waals surface area contributed by atoms with Crippen LogP contribution in [0.5, 0.6) is 0 Å². The minimum Gasteiger partial charge on any atom is -0.358 e. The van der Waals surface area contributed by atoms with Gasteiger partial charge in [-0.05, 0) is 37.8 Å². The summed E-state index contributed by atoms with van der Waals surface area (Å²) in [7, 11) is 0. The van der Waals surface area contributed by atoms with Crippen molar-refractivity contribution in [1.82, 2.24) is 15.5 Å². The lowest BCUT2D eigenvalue weighted by molar-refractivity contribution is 0.121. The summed E-state index contributed by atoms with van der Waals surface area (Å²) in [6.45, 7) is 4.09. The van der Waals surface area contributed by atoms with E-state index in [0.717, 1.165) is 18.0 Å². The number of nitrogens with one attached hydrogen (secondary N) is 2. The molecule has 106 valence electrons. The molecule has 19 heavy (non-hydrogen) atoms. The maximum atomic E-state index is 4.09. The topological polar surface area (TPSA) is 27.3 Å². The Morgan fingerprint density at radius 1 is 0.895 bits per heavy atom. The van der Waals surface area contributed by atoms with Gasteiger partial charge in [0.05, 0.1) is 6.17 Å². The van der Waals surface area contributed by atoms with E-state index in [-0.39, 0.29) is 0 Å². The standard InChI is InChI=1S/C16H27N3/c1-2-19-14-10-6-3-7-11(14)15-16(19)18-13-9-5-4-8-12(13)17-15/h2,11-18H,1,3-10H2. The summed E-state index contributed by atoms with van der Waals surface area (Å²) in [5, 5.41) is 8.00. The molecule has 4 aliphatic rings. The van der Waals surface area contributed by atoms with E-state index in [4.69, 9.17) is 0 Å². The minimum absolute atomic E-state index is 0.505. The molecule has 2 aliphatic carbocycles. The van der Waals surface area contributed by atoms with Gasteiger partial charge in [0.15, 0.2) is 0 Å². The molecular weight excluding hydrogens is 234 g/mol. The van der Waals surface area contributed by atoms with E-state index in [2.05, 4.69) is 28.3 Å². The van der Waals surface area contributed by atoms with E-state index < -0.39 is 0 Å². The van der Waals surface area contributed by atoms with Crippen LogP contribution in [0.3, 0.4) is 0 Å². The molecule has 3 heteroatoms. The van der Waals surface area contributed by atoms with Crippen molar-refractivity contribution < 1.29 is 0 Å². The third kappa shape index (κ3) is 1.85. The highest BCUT2D eigenvalue weighted by Gasteiger charge is 2.52. The fraction of sp³-hybridized carbons (Fsp3) is 0.875. The molecule has 0 aromatic carbocycles. The van der Waals surface area contributed by atoms with Crippen LogP contribution in [0, 0.1) is 5.92 Å². The van der Waals surface area contributed by atoms with Gasteiger partial charge in [-0.1, -0.05) is 32.3 Å². The van der Waals surface area contributed by atoms with Crippen molar-refractivity contribution in [3.8, 4) is 0 Å². The van der Waals surface area contributed by atoms with E-state index >= 15 is 0 Å². The van der Waals surface area contributed by atoms with Crippen LogP contribution < -0.4 is 10.6 Å². The van der Waals surface area contributed by atoms with Gasteiger partial charge in [-0.25, -0.2) is 0 Å². The zero-order valence-electron chi connectivity index (χ0n) is 11.9. The molecule has 0 bridgehead atoms. The van der Waals surface area contributed by atoms with Gasteiger partial charge in [-0.15, -0.1) is 0 Å². The van der Waals surface area contributed by atoms with Crippen molar-refractivity contribution in [3.05, 3.63) is 12.8 Å². The number of hydrogen-bond donors (Lipinski definition) is 2. The van der Waals surface area contributed by atoms with Crippen molar-refractivity contribution in [2.75, 3.05) is 0 Å². The van der Waals surface area contributed by atoms with Crippen molar-refractivity contribution in [2.45, 2.75) is 81.7 Å². The first-order chi connectivity index (χ1) is 9.38. The van der Waals surface area contributed by atoms with Crippen LogP contribution in [0.25, 0.3) is 0 Å². The van der Waals surface area contributed by atoms with E-state index in [0.29, 0.717) is 18.2 Å². The lowest BCUT2D eigenvalue weighted by Gasteiger charge is -2.46. The van der Waals surface area contributed by atoms with Crippen LogP contribution in [0.1, 0.15) is 51.4 Å². The Bertz CT molecular complexity index is 356. The van der Waals surface area contributed by atoms with Gasteiger partial charge < -0.3 is 10.2 Å². The smallest absolute Gasteiger partial charge is 0.0955 e. The molecule has 6 atom stereocenters. The predicted molar refractivity (Wildman–Crippen MR) is 77.7 cm³/mol. The molecule has 2 saturated heterocycles. The Morgan fingerprint density at radius 2 is 1.58 bits per heavy atom. The van der Waals surface area contributed by atoms with Crippen LogP contribution in [0.2, 0.25) is 0 Å². The molecule has 2 heterocycles. The van der Waals surface area contributed by atoms with Crippen LogP contribution in [-0.4, -0.2) is 35.2 Å². The first kappa shape index (κ1) is 12.2. The fourth-order valence-corrected chi connectivity index (χ4v) is 5.20. The third-order valence-electron chi connectivity index (χ3n) is 6.06. The van der Waals surface area contributed by atoms with Crippen molar-refractivity contribution in [3.63, 3.8) is 0 Å². The number of piperazine rings is 1. The zero-order chi connectivity index (χ0) is 12.8. The first-order valence-corrected chi connectivity index (χ1v) is 8.30. The van der Waals surface area contributed by atoms with Gasteiger partial charge in [0.2, 0.25) is 0 Å². The molecule has 2 aliphatic heterocycles. The minimum atomic E-state index is 0.505. The van der Waals surface area contributed by atoms with Crippen molar-refractivity contribution in [2.24, 2.45) is 5.92 Å². The van der Waals surface area contributed by atoms with Gasteiger partial charge in [-0.2, -0.15) is 0 Å². The first-order valence-electron chi connectivity index (χ1n) is 8.30. The molecule has 2 saturated carbocycles. The monoisotopic (exact) mass is 261 g/mol. The lowest BCUT2D eigenvalue weighted by atomic mass is 9.80. The van der Waals surface area contributed by atoms with E-state index in [1.54, 1.807) is 0 Å². The lowest BCUT2D eigenvalue weighted by Crippen LogP contribution is -2.68. The Kier molecular flexibility index (Phi) is 3.07. The zero-order valence-corrected chi connectivity index (χ0v) is 11.9. The number of likely N-dealkylation sites (tertiary alicyclic amines) is 1. The average molecular weight is 261 g/mol. The summed E-state index contributed by atoms with van der Waals surface area (Å²) in [6.07, 6.45) is 13.7.